The van der Waals surface area contributed by atoms with Gasteiger partial charge in [0.2, 0.25) is 11.0 Å². The molecule has 0 unspecified atom stereocenters. The molecule has 0 saturated carbocycles. The molecule has 0 bridgehead atoms. The van der Waals surface area contributed by atoms with Gasteiger partial charge in [0, 0.05) is 37.6 Å². The predicted octanol–water partition coefficient (Wildman–Crippen LogP) is 1.31. The van der Waals surface area contributed by atoms with Crippen LogP contribution in [0.1, 0.15) is 26.6 Å². The molecule has 1 fully saturated rings. The lowest BCUT2D eigenvalue weighted by Crippen LogP contribution is -2.53. The summed E-state index contributed by atoms with van der Waals surface area (Å²) >= 11 is 1.44. The van der Waals surface area contributed by atoms with Gasteiger partial charge < -0.3 is 10.2 Å². The van der Waals surface area contributed by atoms with Crippen molar-refractivity contribution in [2.45, 2.75) is 27.2 Å². The van der Waals surface area contributed by atoms with Crippen molar-refractivity contribution in [3.63, 3.8) is 0 Å². The number of amides is 1. The topological polar surface area (TPSA) is 58.1 Å². The van der Waals surface area contributed by atoms with Crippen LogP contribution in [0.5, 0.6) is 0 Å². The molecule has 2 rings (SSSR count). The molecule has 1 aliphatic rings. The van der Waals surface area contributed by atoms with E-state index >= 15 is 0 Å². The average molecular weight is 268 g/mol. The smallest absolute Gasteiger partial charge is 0.226 e. The molecule has 1 N–H and O–H groups in total. The predicted molar refractivity (Wildman–Crippen MR) is 72.8 cm³/mol. The lowest BCUT2D eigenvalue weighted by atomic mass is 10.0. The number of hydrogen-bond donors (Lipinski definition) is 1. The largest absolute Gasteiger partial charge is 0.356 e. The minimum Gasteiger partial charge on any atom is -0.356 e. The summed E-state index contributed by atoms with van der Waals surface area (Å²) in [6.07, 6.45) is 0.921. The van der Waals surface area contributed by atoms with Crippen molar-refractivity contribution in [2.75, 3.05) is 24.5 Å². The Labute approximate surface area is 112 Å². The van der Waals surface area contributed by atoms with E-state index in [0.717, 1.165) is 30.5 Å². The highest BCUT2D eigenvalue weighted by atomic mass is 32.1. The van der Waals surface area contributed by atoms with Crippen molar-refractivity contribution in [2.24, 2.45) is 11.8 Å². The fourth-order valence-corrected chi connectivity index (χ4v) is 2.65. The summed E-state index contributed by atoms with van der Waals surface area (Å²) in [7, 11) is 0. The van der Waals surface area contributed by atoms with E-state index in [0.29, 0.717) is 12.5 Å². The summed E-state index contributed by atoms with van der Waals surface area (Å²) in [4.78, 5) is 18.2. The molecule has 0 atom stereocenters. The molecule has 0 aliphatic carbocycles. The van der Waals surface area contributed by atoms with Crippen LogP contribution in [-0.4, -0.2) is 34.9 Å². The van der Waals surface area contributed by atoms with E-state index in [-0.39, 0.29) is 11.8 Å². The first kappa shape index (κ1) is 13.3. The van der Waals surface area contributed by atoms with Gasteiger partial charge in [-0.15, -0.1) is 0 Å². The zero-order chi connectivity index (χ0) is 13.1. The molecule has 1 saturated heterocycles. The van der Waals surface area contributed by atoms with Crippen LogP contribution in [0.2, 0.25) is 0 Å². The first-order chi connectivity index (χ1) is 8.60. The van der Waals surface area contributed by atoms with Crippen LogP contribution in [-0.2, 0) is 11.2 Å². The molecule has 2 heterocycles. The van der Waals surface area contributed by atoms with E-state index in [4.69, 9.17) is 0 Å². The second kappa shape index (κ2) is 5.65. The van der Waals surface area contributed by atoms with Gasteiger partial charge in [-0.05, 0) is 12.8 Å². The van der Waals surface area contributed by atoms with Gasteiger partial charge in [-0.25, -0.2) is 4.98 Å². The Hall–Kier alpha value is -1.17. The van der Waals surface area contributed by atoms with E-state index in [9.17, 15) is 4.79 Å². The van der Waals surface area contributed by atoms with Gasteiger partial charge in [0.1, 0.15) is 5.82 Å². The van der Waals surface area contributed by atoms with Crippen molar-refractivity contribution in [3.8, 4) is 0 Å². The molecule has 100 valence electrons. The first-order valence-corrected chi connectivity index (χ1v) is 7.22. The summed E-state index contributed by atoms with van der Waals surface area (Å²) in [5.74, 6) is 1.77. The van der Waals surface area contributed by atoms with E-state index in [1.165, 1.54) is 11.5 Å². The van der Waals surface area contributed by atoms with E-state index in [2.05, 4.69) is 33.4 Å². The Kier molecular flexibility index (Phi) is 4.16. The third-order valence-electron chi connectivity index (χ3n) is 2.92. The molecule has 1 amide bonds. The van der Waals surface area contributed by atoms with Gasteiger partial charge in [0.25, 0.3) is 0 Å². The second-order valence-corrected chi connectivity index (χ2v) is 5.82. The standard InChI is InChI=1S/C12H20N4OS/c1-4-13-11(17)9-6-16(7-9)12-14-10(15-18-12)5-8(2)3/h8-9H,4-7H2,1-3H3,(H,13,17). The molecule has 0 radical (unpaired) electrons. The second-order valence-electron chi connectivity index (χ2n) is 5.09. The van der Waals surface area contributed by atoms with Crippen LogP contribution < -0.4 is 10.2 Å². The number of carbonyl (C=O) groups excluding carboxylic acids is 1. The number of carbonyl (C=O) groups is 1. The first-order valence-electron chi connectivity index (χ1n) is 6.45. The molecular formula is C12H20N4OS. The Morgan fingerprint density at radius 3 is 2.89 bits per heavy atom. The molecule has 1 aliphatic heterocycles. The average Bonchev–Trinajstić information content (AvgIpc) is 2.63. The van der Waals surface area contributed by atoms with E-state index in [1.807, 2.05) is 6.92 Å². The zero-order valence-electron chi connectivity index (χ0n) is 11.1. The van der Waals surface area contributed by atoms with E-state index in [1.54, 1.807) is 0 Å². The lowest BCUT2D eigenvalue weighted by molar-refractivity contribution is -0.125. The van der Waals surface area contributed by atoms with Crippen molar-refractivity contribution in [3.05, 3.63) is 5.82 Å². The van der Waals surface area contributed by atoms with Crippen molar-refractivity contribution >= 4 is 22.6 Å². The Balaban J connectivity index is 1.84. The molecular weight excluding hydrogens is 248 g/mol. The maximum atomic E-state index is 11.6. The zero-order valence-corrected chi connectivity index (χ0v) is 12.0. The van der Waals surface area contributed by atoms with Crippen LogP contribution in [0.15, 0.2) is 0 Å². The molecule has 18 heavy (non-hydrogen) atoms. The van der Waals surface area contributed by atoms with Gasteiger partial charge in [-0.2, -0.15) is 4.37 Å². The molecule has 0 spiro atoms. The van der Waals surface area contributed by atoms with Gasteiger partial charge in [-0.3, -0.25) is 4.79 Å². The molecule has 6 heteroatoms. The number of hydrogen-bond acceptors (Lipinski definition) is 5. The van der Waals surface area contributed by atoms with Gasteiger partial charge >= 0.3 is 0 Å². The highest BCUT2D eigenvalue weighted by molar-refractivity contribution is 7.09. The fourth-order valence-electron chi connectivity index (χ4n) is 1.94. The van der Waals surface area contributed by atoms with Crippen LogP contribution >= 0.6 is 11.5 Å². The minimum atomic E-state index is 0.113. The maximum absolute atomic E-state index is 11.6. The third kappa shape index (κ3) is 2.98. The quantitative estimate of drug-likeness (QED) is 0.875. The number of anilines is 1. The molecule has 1 aromatic rings. The van der Waals surface area contributed by atoms with Gasteiger partial charge in [0.15, 0.2) is 0 Å². The highest BCUT2D eigenvalue weighted by Gasteiger charge is 2.34. The summed E-state index contributed by atoms with van der Waals surface area (Å²) in [6.45, 7) is 8.50. The van der Waals surface area contributed by atoms with Gasteiger partial charge in [0.05, 0.1) is 5.92 Å². The van der Waals surface area contributed by atoms with Crippen LogP contribution in [0, 0.1) is 11.8 Å². The maximum Gasteiger partial charge on any atom is 0.226 e. The van der Waals surface area contributed by atoms with Crippen LogP contribution in [0.25, 0.3) is 0 Å². The Morgan fingerprint density at radius 1 is 1.56 bits per heavy atom. The monoisotopic (exact) mass is 268 g/mol. The Bertz CT molecular complexity index is 412. The van der Waals surface area contributed by atoms with Crippen molar-refractivity contribution in [1.29, 1.82) is 0 Å². The van der Waals surface area contributed by atoms with E-state index < -0.39 is 0 Å². The SMILES string of the molecule is CCNC(=O)C1CN(c2nc(CC(C)C)ns2)C1. The Morgan fingerprint density at radius 2 is 2.28 bits per heavy atom. The minimum absolute atomic E-state index is 0.113. The summed E-state index contributed by atoms with van der Waals surface area (Å²) in [6, 6.07) is 0. The fraction of sp³-hybridized carbons (Fsp3) is 0.750. The van der Waals surface area contributed by atoms with Crippen molar-refractivity contribution in [1.82, 2.24) is 14.7 Å². The third-order valence-corrected chi connectivity index (χ3v) is 3.74. The van der Waals surface area contributed by atoms with Crippen molar-refractivity contribution < 1.29 is 4.79 Å². The molecule has 1 aromatic heterocycles. The molecule has 0 aromatic carbocycles. The lowest BCUT2D eigenvalue weighted by Gasteiger charge is -2.37. The molecule has 5 nitrogen and oxygen atoms in total. The normalized spacial score (nSPS) is 15.9. The summed E-state index contributed by atoms with van der Waals surface area (Å²) in [5, 5.41) is 3.80. The number of nitrogens with one attached hydrogen (secondary N) is 1. The number of nitrogens with zero attached hydrogens (tertiary/aromatic N) is 3. The van der Waals surface area contributed by atoms with Crippen LogP contribution in [0.3, 0.4) is 0 Å². The highest BCUT2D eigenvalue weighted by Crippen LogP contribution is 2.26. The summed E-state index contributed by atoms with van der Waals surface area (Å²) in [5.41, 5.74) is 0. The van der Waals surface area contributed by atoms with Crippen LogP contribution in [0.4, 0.5) is 5.13 Å². The number of aromatic nitrogens is 2. The van der Waals surface area contributed by atoms with Gasteiger partial charge in [-0.1, -0.05) is 13.8 Å². The number of rotatable bonds is 5. The summed E-state index contributed by atoms with van der Waals surface area (Å²) < 4.78 is 4.35.